The van der Waals surface area contributed by atoms with Crippen LogP contribution in [0, 0.1) is 11.8 Å². The molecule has 4 aliphatic rings. The number of hydrogen-bond donors (Lipinski definition) is 1. The normalized spacial score (nSPS) is 28.5. The van der Waals surface area contributed by atoms with Crippen molar-refractivity contribution in [2.45, 2.75) is 92.7 Å². The van der Waals surface area contributed by atoms with E-state index in [0.717, 1.165) is 69.9 Å². The summed E-state index contributed by atoms with van der Waals surface area (Å²) in [6.45, 7) is 9.39. The zero-order chi connectivity index (χ0) is 29.7. The maximum atomic E-state index is 14.7. The van der Waals surface area contributed by atoms with Gasteiger partial charge in [0.05, 0.1) is 16.6 Å². The molecule has 2 unspecified atom stereocenters. The van der Waals surface area contributed by atoms with E-state index < -0.39 is 22.6 Å². The van der Waals surface area contributed by atoms with Crippen molar-refractivity contribution in [2.75, 3.05) is 31.1 Å². The van der Waals surface area contributed by atoms with Gasteiger partial charge in [-0.15, -0.1) is 24.9 Å². The van der Waals surface area contributed by atoms with Crippen LogP contribution >= 0.6 is 11.8 Å². The highest BCUT2D eigenvalue weighted by molar-refractivity contribution is 8.02. The first-order valence-electron chi connectivity index (χ1n) is 16.0. The van der Waals surface area contributed by atoms with E-state index in [0.29, 0.717) is 19.6 Å². The van der Waals surface area contributed by atoms with E-state index in [2.05, 4.69) is 13.2 Å². The molecule has 3 aliphatic heterocycles. The molecule has 0 radical (unpaired) electrons. The number of nitrogens with zero attached hydrogens (tertiary/aromatic N) is 3. The number of amides is 3. The van der Waals surface area contributed by atoms with Crippen LogP contribution in [0.25, 0.3) is 0 Å². The number of aliphatic hydroxyl groups excluding tert-OH is 1. The van der Waals surface area contributed by atoms with Crippen molar-refractivity contribution in [3.05, 3.63) is 55.6 Å². The number of unbranched alkanes of at least 4 members (excludes halogenated alkanes) is 3. The maximum absolute atomic E-state index is 14.7. The molecule has 3 amide bonds. The number of likely N-dealkylation sites (tertiary alicyclic amines) is 1. The second-order valence-electron chi connectivity index (χ2n) is 12.4. The molecule has 7 nitrogen and oxygen atoms in total. The third-order valence-electron chi connectivity index (χ3n) is 9.90. The van der Waals surface area contributed by atoms with Crippen LogP contribution < -0.4 is 4.90 Å². The molecule has 8 heteroatoms. The molecule has 42 heavy (non-hydrogen) atoms. The summed E-state index contributed by atoms with van der Waals surface area (Å²) in [7, 11) is 0. The van der Waals surface area contributed by atoms with Gasteiger partial charge in [-0.3, -0.25) is 14.4 Å². The fraction of sp³-hybridized carbons (Fsp3) is 0.618. The Kier molecular flexibility index (Phi) is 10.1. The number of anilines is 1. The lowest BCUT2D eigenvalue weighted by atomic mass is 9.70. The largest absolute Gasteiger partial charge is 0.396 e. The van der Waals surface area contributed by atoms with Crippen molar-refractivity contribution < 1.29 is 19.5 Å². The molecule has 228 valence electrons. The number of carbonyl (C=O) groups is 3. The van der Waals surface area contributed by atoms with Gasteiger partial charge in [0.15, 0.2) is 0 Å². The van der Waals surface area contributed by atoms with E-state index >= 15 is 0 Å². The number of rotatable bonds is 14. The molecule has 3 heterocycles. The van der Waals surface area contributed by atoms with Crippen molar-refractivity contribution in [3.8, 4) is 0 Å². The average molecular weight is 594 g/mol. The Morgan fingerprint density at radius 1 is 0.976 bits per heavy atom. The van der Waals surface area contributed by atoms with Crippen LogP contribution in [-0.4, -0.2) is 80.9 Å². The van der Waals surface area contributed by atoms with Crippen LogP contribution in [0.2, 0.25) is 0 Å². The molecule has 1 N–H and O–H groups in total. The van der Waals surface area contributed by atoms with Crippen LogP contribution in [0.3, 0.4) is 0 Å². The summed E-state index contributed by atoms with van der Waals surface area (Å²) >= 11 is 1.75. The van der Waals surface area contributed by atoms with E-state index in [1.807, 2.05) is 46.2 Å². The Balaban J connectivity index is 1.48. The number of thioether (sulfide) groups is 1. The maximum Gasteiger partial charge on any atom is 0.247 e. The Labute approximate surface area is 255 Å². The summed E-state index contributed by atoms with van der Waals surface area (Å²) in [6.07, 6.45) is 13.9. The lowest BCUT2D eigenvalue weighted by Gasteiger charge is -2.41. The van der Waals surface area contributed by atoms with Crippen molar-refractivity contribution >= 4 is 35.2 Å². The highest BCUT2D eigenvalue weighted by Gasteiger charge is 2.74. The summed E-state index contributed by atoms with van der Waals surface area (Å²) in [5, 5.41) is 9.25. The molecule has 1 spiro atoms. The lowest BCUT2D eigenvalue weighted by Crippen LogP contribution is -2.57. The Bertz CT molecular complexity index is 1140. The van der Waals surface area contributed by atoms with Gasteiger partial charge in [0.25, 0.3) is 0 Å². The second-order valence-corrected chi connectivity index (χ2v) is 14.0. The predicted octanol–water partition coefficient (Wildman–Crippen LogP) is 5.20. The molecule has 1 saturated carbocycles. The van der Waals surface area contributed by atoms with Gasteiger partial charge in [-0.05, 0) is 50.7 Å². The quantitative estimate of drug-likeness (QED) is 0.237. The molecule has 0 aromatic heterocycles. The second kappa shape index (κ2) is 13.8. The van der Waals surface area contributed by atoms with Gasteiger partial charge in [-0.2, -0.15) is 0 Å². The monoisotopic (exact) mass is 593 g/mol. The molecule has 3 saturated heterocycles. The van der Waals surface area contributed by atoms with Crippen LogP contribution in [-0.2, 0) is 14.4 Å². The Morgan fingerprint density at radius 3 is 2.38 bits per heavy atom. The van der Waals surface area contributed by atoms with Crippen molar-refractivity contribution in [3.63, 3.8) is 0 Å². The standard InChI is InChI=1S/C34H47N3O4S/c1-3-21-35(25-15-9-7-10-16-25)31(39)28-27-19-20-34(42-27)29(28)32(40)37(23-13-5-6-14-24-38)30(34)33(41)36(22-4-2)26-17-11-8-12-18-26/h3-4,7,9-10,15-16,26-30,38H,1-2,5-6,8,11-14,17-24H2/t27-,28+,29+,30?,34?/m1/s1. The van der Waals surface area contributed by atoms with Gasteiger partial charge in [-0.25, -0.2) is 0 Å². The third-order valence-corrected chi connectivity index (χ3v) is 11.8. The average Bonchev–Trinajstić information content (AvgIpc) is 3.66. The SMILES string of the molecule is C=CCN(C(=O)[C@@H]1[C@H]2C(=O)N(CCCCCCO)C(C(=O)N(CC=C)C3CCCCC3)C23CC[C@H]1S3)c1ccccc1. The molecule has 1 aromatic carbocycles. The highest BCUT2D eigenvalue weighted by Crippen LogP contribution is 2.67. The van der Waals surface area contributed by atoms with Gasteiger partial charge >= 0.3 is 0 Å². The van der Waals surface area contributed by atoms with E-state index in [4.69, 9.17) is 0 Å². The molecular formula is C34H47N3O4S. The fourth-order valence-electron chi connectivity index (χ4n) is 8.05. The van der Waals surface area contributed by atoms with Crippen LogP contribution in [0.5, 0.6) is 0 Å². The first-order chi connectivity index (χ1) is 20.5. The van der Waals surface area contributed by atoms with Crippen LogP contribution in [0.4, 0.5) is 5.69 Å². The van der Waals surface area contributed by atoms with Gasteiger partial charge in [0, 0.05) is 43.2 Å². The Hall–Kier alpha value is -2.58. The number of hydrogen-bond acceptors (Lipinski definition) is 5. The summed E-state index contributed by atoms with van der Waals surface area (Å²) in [5.74, 6) is -0.996. The minimum absolute atomic E-state index is 0.0204. The molecule has 5 atom stereocenters. The number of fused-ring (bicyclic) bond motifs is 1. The summed E-state index contributed by atoms with van der Waals surface area (Å²) in [5.41, 5.74) is 0.803. The van der Waals surface area contributed by atoms with Crippen LogP contribution in [0.15, 0.2) is 55.6 Å². The molecule has 5 rings (SSSR count). The number of benzene rings is 1. The Morgan fingerprint density at radius 2 is 1.69 bits per heavy atom. The number of para-hydroxylation sites is 1. The molecule has 4 fully saturated rings. The van der Waals surface area contributed by atoms with Gasteiger partial charge in [0.1, 0.15) is 6.04 Å². The molecule has 1 aliphatic carbocycles. The highest BCUT2D eigenvalue weighted by atomic mass is 32.2. The van der Waals surface area contributed by atoms with E-state index in [9.17, 15) is 19.5 Å². The topological polar surface area (TPSA) is 81.2 Å². The smallest absolute Gasteiger partial charge is 0.247 e. The van der Waals surface area contributed by atoms with E-state index in [1.54, 1.807) is 22.7 Å². The zero-order valence-corrected chi connectivity index (χ0v) is 25.7. The zero-order valence-electron chi connectivity index (χ0n) is 24.9. The van der Waals surface area contributed by atoms with Gasteiger partial charge in [-0.1, -0.05) is 62.5 Å². The third kappa shape index (κ3) is 5.69. The minimum Gasteiger partial charge on any atom is -0.396 e. The minimum atomic E-state index is -0.588. The molecule has 2 bridgehead atoms. The van der Waals surface area contributed by atoms with Crippen molar-refractivity contribution in [1.29, 1.82) is 0 Å². The number of carbonyl (C=O) groups excluding carboxylic acids is 3. The van der Waals surface area contributed by atoms with Crippen LogP contribution in [0.1, 0.15) is 70.6 Å². The molecule has 1 aromatic rings. The summed E-state index contributed by atoms with van der Waals surface area (Å²) in [6, 6.07) is 9.23. The van der Waals surface area contributed by atoms with E-state index in [-0.39, 0.29) is 35.6 Å². The van der Waals surface area contributed by atoms with Gasteiger partial charge in [0.2, 0.25) is 17.7 Å². The fourth-order valence-corrected chi connectivity index (χ4v) is 10.3. The van der Waals surface area contributed by atoms with Gasteiger partial charge < -0.3 is 19.8 Å². The lowest BCUT2D eigenvalue weighted by molar-refractivity contribution is -0.144. The number of aliphatic hydroxyl groups is 1. The summed E-state index contributed by atoms with van der Waals surface area (Å²) < 4.78 is -0.588. The molecular weight excluding hydrogens is 546 g/mol. The van der Waals surface area contributed by atoms with Crippen molar-refractivity contribution in [1.82, 2.24) is 9.80 Å². The van der Waals surface area contributed by atoms with Crippen molar-refractivity contribution in [2.24, 2.45) is 11.8 Å². The first kappa shape index (κ1) is 30.9. The first-order valence-corrected chi connectivity index (χ1v) is 16.8. The predicted molar refractivity (Wildman–Crippen MR) is 169 cm³/mol. The van der Waals surface area contributed by atoms with E-state index in [1.165, 1.54) is 6.42 Å². The summed E-state index contributed by atoms with van der Waals surface area (Å²) in [4.78, 5) is 49.2.